The molecule has 0 aliphatic heterocycles. The van der Waals surface area contributed by atoms with Gasteiger partial charge in [-0.05, 0) is 6.07 Å². The Kier molecular flexibility index (Phi) is 2.78. The van der Waals surface area contributed by atoms with E-state index in [9.17, 15) is 31.1 Å². The van der Waals surface area contributed by atoms with Gasteiger partial charge in [0, 0.05) is 0 Å². The molecule has 2 nitrogen and oxygen atoms in total. The first-order chi connectivity index (χ1) is 6.73. The number of aromatic nitrogens is 1. The van der Waals surface area contributed by atoms with E-state index in [0.29, 0.717) is 0 Å². The predicted molar refractivity (Wildman–Crippen MR) is 37.0 cm³/mol. The summed E-state index contributed by atoms with van der Waals surface area (Å²) in [5.74, 6) is -1.93. The van der Waals surface area contributed by atoms with Gasteiger partial charge in [-0.1, -0.05) is 0 Å². The summed E-state index contributed by atoms with van der Waals surface area (Å²) in [6, 6.07) is -0.119. The van der Waals surface area contributed by atoms with Gasteiger partial charge in [-0.2, -0.15) is 13.2 Å². The molecule has 0 bridgehead atoms. The minimum Gasteiger partial charge on any atom is -0.315 e. The van der Waals surface area contributed by atoms with Gasteiger partial charge in [-0.15, -0.1) is 0 Å². The molecule has 0 aliphatic rings. The van der Waals surface area contributed by atoms with Gasteiger partial charge in [0.2, 0.25) is 0 Å². The van der Waals surface area contributed by atoms with E-state index < -0.39 is 35.2 Å². The van der Waals surface area contributed by atoms with Crippen LogP contribution in [0.1, 0.15) is 17.7 Å². The van der Waals surface area contributed by atoms with Crippen molar-refractivity contribution < 1.29 is 26.3 Å². The van der Waals surface area contributed by atoms with E-state index in [1.807, 2.05) is 0 Å². The van der Waals surface area contributed by atoms with Crippen molar-refractivity contribution in [2.24, 2.45) is 0 Å². The van der Waals surface area contributed by atoms with Crippen LogP contribution in [0.15, 0.2) is 10.9 Å². The normalized spacial score (nSPS) is 12.2. The van der Waals surface area contributed by atoms with Gasteiger partial charge in [0.05, 0.1) is 5.56 Å². The largest absolute Gasteiger partial charge is 0.434 e. The molecule has 0 radical (unpaired) electrons. The van der Waals surface area contributed by atoms with Crippen molar-refractivity contribution >= 4 is 0 Å². The lowest BCUT2D eigenvalue weighted by Gasteiger charge is -2.08. The lowest BCUT2D eigenvalue weighted by molar-refractivity contribution is -0.143. The van der Waals surface area contributed by atoms with Crippen LogP contribution in [0.5, 0.6) is 0 Å². The summed E-state index contributed by atoms with van der Waals surface area (Å²) in [5, 5.41) is 0. The molecule has 0 saturated carbocycles. The third-order valence-electron chi connectivity index (χ3n) is 1.54. The average Bonchev–Trinajstić information content (AvgIpc) is 2.06. The highest BCUT2D eigenvalue weighted by atomic mass is 19.4. The number of alkyl halides is 5. The second kappa shape index (κ2) is 3.59. The zero-order valence-corrected chi connectivity index (χ0v) is 6.83. The number of halogens is 6. The van der Waals surface area contributed by atoms with Gasteiger partial charge in [0.15, 0.2) is 11.5 Å². The molecule has 0 aromatic carbocycles. The van der Waals surface area contributed by atoms with Gasteiger partial charge in [0.1, 0.15) is 0 Å². The molecule has 0 fully saturated rings. The molecule has 0 amide bonds. The molecular formula is C7H3F6NO. The van der Waals surface area contributed by atoms with E-state index >= 15 is 0 Å². The third kappa shape index (κ3) is 2.31. The van der Waals surface area contributed by atoms with E-state index in [2.05, 4.69) is 0 Å². The van der Waals surface area contributed by atoms with Gasteiger partial charge in [-0.3, -0.25) is 4.79 Å². The van der Waals surface area contributed by atoms with Gasteiger partial charge in [-0.25, -0.2) is 13.2 Å². The van der Waals surface area contributed by atoms with Crippen LogP contribution in [-0.2, 0) is 6.18 Å². The summed E-state index contributed by atoms with van der Waals surface area (Å²) in [4.78, 5) is 11.7. The predicted octanol–water partition coefficient (Wildman–Crippen LogP) is 2.47. The van der Waals surface area contributed by atoms with Gasteiger partial charge >= 0.3 is 6.18 Å². The molecule has 1 aromatic heterocycles. The first-order valence-corrected chi connectivity index (χ1v) is 3.51. The van der Waals surface area contributed by atoms with E-state index in [-0.39, 0.29) is 6.07 Å². The number of nitrogens with one attached hydrogen (secondary N) is 1. The maximum atomic E-state index is 12.7. The highest BCUT2D eigenvalue weighted by Gasteiger charge is 2.36. The number of aromatic amines is 1. The topological polar surface area (TPSA) is 32.9 Å². The van der Waals surface area contributed by atoms with Crippen LogP contribution in [0.25, 0.3) is 0 Å². The van der Waals surface area contributed by atoms with E-state index in [4.69, 9.17) is 0 Å². The molecule has 1 aromatic rings. The maximum absolute atomic E-state index is 12.7. The fraction of sp³-hybridized carbons (Fsp3) is 0.286. The van der Waals surface area contributed by atoms with Gasteiger partial charge < -0.3 is 4.98 Å². The fourth-order valence-corrected chi connectivity index (χ4v) is 0.888. The van der Waals surface area contributed by atoms with Crippen molar-refractivity contribution in [1.82, 2.24) is 4.98 Å². The third-order valence-corrected chi connectivity index (χ3v) is 1.54. The van der Waals surface area contributed by atoms with E-state index in [1.54, 1.807) is 0 Å². The van der Waals surface area contributed by atoms with E-state index in [0.717, 1.165) is 4.98 Å². The molecule has 1 N–H and O–H groups in total. The van der Waals surface area contributed by atoms with Crippen molar-refractivity contribution in [3.63, 3.8) is 0 Å². The van der Waals surface area contributed by atoms with Crippen LogP contribution < -0.4 is 5.56 Å². The Morgan fingerprint density at radius 3 is 2.20 bits per heavy atom. The lowest BCUT2D eigenvalue weighted by atomic mass is 10.2. The number of hydrogen-bond donors (Lipinski definition) is 1. The summed E-state index contributed by atoms with van der Waals surface area (Å²) < 4.78 is 72.5. The Hall–Kier alpha value is -1.47. The number of rotatable bonds is 1. The average molecular weight is 231 g/mol. The maximum Gasteiger partial charge on any atom is 0.434 e. The van der Waals surface area contributed by atoms with Crippen LogP contribution in [-0.4, -0.2) is 4.98 Å². The Morgan fingerprint density at radius 1 is 1.27 bits per heavy atom. The molecule has 1 heterocycles. The molecule has 15 heavy (non-hydrogen) atoms. The Bertz CT molecular complexity index is 420. The molecule has 0 spiro atoms. The first kappa shape index (κ1) is 11.6. The monoisotopic (exact) mass is 231 g/mol. The first-order valence-electron chi connectivity index (χ1n) is 3.51. The lowest BCUT2D eigenvalue weighted by Crippen LogP contribution is -2.22. The standard InChI is InChI=1S/C7H3F6NO/c8-3-1-2(5(9)10)6(15)14-4(3)7(11,12)13/h1,5H,(H,14,15). The van der Waals surface area contributed by atoms with Crippen LogP contribution in [0, 0.1) is 5.82 Å². The van der Waals surface area contributed by atoms with Crippen molar-refractivity contribution in [3.8, 4) is 0 Å². The minimum atomic E-state index is -5.12. The SMILES string of the molecule is O=c1[nH]c(C(F)(F)F)c(F)cc1C(F)F. The number of pyridine rings is 1. The summed E-state index contributed by atoms with van der Waals surface area (Å²) >= 11 is 0. The Morgan fingerprint density at radius 2 is 1.80 bits per heavy atom. The highest BCUT2D eigenvalue weighted by Crippen LogP contribution is 2.29. The van der Waals surface area contributed by atoms with Crippen LogP contribution in [0.3, 0.4) is 0 Å². The molecule has 1 rings (SSSR count). The van der Waals surface area contributed by atoms with Crippen molar-refractivity contribution in [1.29, 1.82) is 0 Å². The Labute approximate surface area is 78.5 Å². The Balaban J connectivity index is 3.39. The quantitative estimate of drug-likeness (QED) is 0.740. The highest BCUT2D eigenvalue weighted by molar-refractivity contribution is 5.19. The number of hydrogen-bond acceptors (Lipinski definition) is 1. The second-order valence-corrected chi connectivity index (χ2v) is 2.58. The molecule has 0 saturated heterocycles. The summed E-state index contributed by atoms with van der Waals surface area (Å²) in [5.41, 5.74) is -4.95. The summed E-state index contributed by atoms with van der Waals surface area (Å²) in [6.45, 7) is 0. The molecular weight excluding hydrogens is 228 g/mol. The van der Waals surface area contributed by atoms with E-state index in [1.165, 1.54) is 0 Å². The zero-order valence-electron chi connectivity index (χ0n) is 6.83. The van der Waals surface area contributed by atoms with Crippen LogP contribution in [0.2, 0.25) is 0 Å². The van der Waals surface area contributed by atoms with Crippen molar-refractivity contribution in [2.45, 2.75) is 12.6 Å². The van der Waals surface area contributed by atoms with Crippen LogP contribution in [0.4, 0.5) is 26.3 Å². The summed E-state index contributed by atoms with van der Waals surface area (Å²) in [6.07, 6.45) is -8.45. The zero-order chi connectivity index (χ0) is 11.8. The van der Waals surface area contributed by atoms with Crippen molar-refractivity contribution in [2.75, 3.05) is 0 Å². The smallest absolute Gasteiger partial charge is 0.315 e. The molecule has 0 aliphatic carbocycles. The molecule has 8 heteroatoms. The molecule has 0 unspecified atom stereocenters. The summed E-state index contributed by atoms with van der Waals surface area (Å²) in [7, 11) is 0. The molecule has 84 valence electrons. The van der Waals surface area contributed by atoms with Gasteiger partial charge in [0.25, 0.3) is 12.0 Å². The second-order valence-electron chi connectivity index (χ2n) is 2.58. The minimum absolute atomic E-state index is 0.119. The molecule has 0 atom stereocenters. The van der Waals surface area contributed by atoms with Crippen molar-refractivity contribution in [3.05, 3.63) is 33.5 Å². The number of H-pyrrole nitrogens is 1. The fourth-order valence-electron chi connectivity index (χ4n) is 0.888. The van der Waals surface area contributed by atoms with Crippen LogP contribution >= 0.6 is 0 Å².